The lowest BCUT2D eigenvalue weighted by atomic mass is 10.0. The Hall–Kier alpha value is -0.850. The molecule has 0 bridgehead atoms. The van der Waals surface area contributed by atoms with E-state index in [1.165, 1.54) is 38.5 Å². The molecule has 1 fully saturated rings. The summed E-state index contributed by atoms with van der Waals surface area (Å²) in [6.07, 6.45) is 16.1. The number of aliphatic imine (C=N–C) groups is 1. The van der Waals surface area contributed by atoms with Gasteiger partial charge in [-0.2, -0.15) is 0 Å². The van der Waals surface area contributed by atoms with Crippen LogP contribution in [0.1, 0.15) is 38.5 Å². The molecule has 0 amide bonds. The Balaban J connectivity index is 0.000000223. The van der Waals surface area contributed by atoms with E-state index in [0.29, 0.717) is 0 Å². The van der Waals surface area contributed by atoms with Gasteiger partial charge in [-0.3, -0.25) is 4.99 Å². The van der Waals surface area contributed by atoms with Crippen LogP contribution in [0.5, 0.6) is 0 Å². The van der Waals surface area contributed by atoms with Crippen molar-refractivity contribution in [3.05, 3.63) is 24.8 Å². The summed E-state index contributed by atoms with van der Waals surface area (Å²) in [6.45, 7) is 3.48. The van der Waals surface area contributed by atoms with Gasteiger partial charge in [-0.25, -0.2) is 0 Å². The second-order valence-electron chi connectivity index (χ2n) is 3.15. The minimum atomic E-state index is 1.50. The van der Waals surface area contributed by atoms with Crippen molar-refractivity contribution in [1.82, 2.24) is 0 Å². The molecule has 1 nitrogen and oxygen atoms in total. The average molecular weight is 179 g/mol. The molecule has 1 aliphatic rings. The fourth-order valence-electron chi connectivity index (χ4n) is 1.27. The van der Waals surface area contributed by atoms with E-state index in [4.69, 9.17) is 0 Å². The van der Waals surface area contributed by atoms with Gasteiger partial charge in [0.05, 0.1) is 0 Å². The highest BCUT2D eigenvalue weighted by Crippen LogP contribution is 2.15. The van der Waals surface area contributed by atoms with E-state index in [1.807, 2.05) is 12.2 Å². The molecule has 0 N–H and O–H groups in total. The molecule has 0 heterocycles. The molecule has 0 saturated heterocycles. The molecular formula is C12H21N. The van der Waals surface area contributed by atoms with Crippen LogP contribution >= 0.6 is 0 Å². The van der Waals surface area contributed by atoms with Crippen molar-refractivity contribution >= 4 is 6.21 Å². The lowest BCUT2D eigenvalue weighted by Gasteiger charge is -2.05. The van der Waals surface area contributed by atoms with Crippen molar-refractivity contribution < 1.29 is 0 Å². The average Bonchev–Trinajstić information content (AvgIpc) is 2.22. The first-order chi connectivity index (χ1) is 6.41. The molecule has 0 aromatic carbocycles. The van der Waals surface area contributed by atoms with Gasteiger partial charge in [-0.05, 0) is 6.08 Å². The second kappa shape index (κ2) is 11.2. The first kappa shape index (κ1) is 12.2. The molecular weight excluding hydrogens is 158 g/mol. The third-order valence-corrected chi connectivity index (χ3v) is 1.98. The van der Waals surface area contributed by atoms with Crippen LogP contribution in [0.3, 0.4) is 0 Å². The van der Waals surface area contributed by atoms with Crippen molar-refractivity contribution in [2.45, 2.75) is 38.5 Å². The Labute approximate surface area is 82.3 Å². The molecule has 1 saturated carbocycles. The summed E-state index contributed by atoms with van der Waals surface area (Å²) in [7, 11) is 1.73. The van der Waals surface area contributed by atoms with Crippen molar-refractivity contribution in [3.63, 3.8) is 0 Å². The summed E-state index contributed by atoms with van der Waals surface area (Å²) >= 11 is 0. The van der Waals surface area contributed by atoms with Crippen molar-refractivity contribution in [3.8, 4) is 0 Å². The number of hydrogen-bond donors (Lipinski definition) is 0. The normalized spacial score (nSPS) is 17.0. The van der Waals surface area contributed by atoms with Gasteiger partial charge in [0.1, 0.15) is 0 Å². The number of hydrogen-bond acceptors (Lipinski definition) is 1. The molecule has 74 valence electrons. The Morgan fingerprint density at radius 2 is 1.38 bits per heavy atom. The van der Waals surface area contributed by atoms with Crippen molar-refractivity contribution in [2.24, 2.45) is 4.99 Å². The fraction of sp³-hybridized carbons (Fsp3) is 0.583. The molecule has 1 heteroatoms. The van der Waals surface area contributed by atoms with E-state index in [9.17, 15) is 0 Å². The summed E-state index contributed by atoms with van der Waals surface area (Å²) < 4.78 is 0. The van der Waals surface area contributed by atoms with Gasteiger partial charge >= 0.3 is 0 Å². The highest BCUT2D eigenvalue weighted by molar-refractivity contribution is 5.71. The third-order valence-electron chi connectivity index (χ3n) is 1.98. The van der Waals surface area contributed by atoms with Crippen LogP contribution in [0.25, 0.3) is 0 Å². The molecule has 0 aromatic heterocycles. The van der Waals surface area contributed by atoms with Crippen LogP contribution in [-0.4, -0.2) is 13.3 Å². The predicted molar refractivity (Wildman–Crippen MR) is 61.5 cm³/mol. The quantitative estimate of drug-likeness (QED) is 0.452. The zero-order chi connectivity index (χ0) is 9.78. The van der Waals surface area contributed by atoms with E-state index in [0.717, 1.165) is 0 Å². The molecule has 0 aromatic rings. The monoisotopic (exact) mass is 179 g/mol. The lowest BCUT2D eigenvalue weighted by Crippen LogP contribution is -1.85. The Bertz CT molecular complexity index is 141. The summed E-state index contributed by atoms with van der Waals surface area (Å²) in [5.74, 6) is 0. The second-order valence-corrected chi connectivity index (χ2v) is 3.15. The number of nitrogens with zero attached hydrogens (tertiary/aromatic N) is 1. The minimum Gasteiger partial charge on any atom is -0.297 e. The maximum Gasteiger partial charge on any atom is 0.0277 e. The number of allylic oxidation sites excluding steroid dienone is 3. The molecule has 13 heavy (non-hydrogen) atoms. The van der Waals surface area contributed by atoms with E-state index >= 15 is 0 Å². The molecule has 0 atom stereocenters. The van der Waals surface area contributed by atoms with Gasteiger partial charge in [0, 0.05) is 13.3 Å². The topological polar surface area (TPSA) is 12.4 Å². The zero-order valence-electron chi connectivity index (χ0n) is 8.71. The predicted octanol–water partition coefficient (Wildman–Crippen LogP) is 3.77. The third kappa shape index (κ3) is 11.1. The molecule has 1 aliphatic carbocycles. The first-order valence-electron chi connectivity index (χ1n) is 5.11. The smallest absolute Gasteiger partial charge is 0.0277 e. The van der Waals surface area contributed by atoms with E-state index in [1.54, 1.807) is 19.3 Å². The molecule has 0 unspecified atom stereocenters. The largest absolute Gasteiger partial charge is 0.297 e. The summed E-state index contributed by atoms with van der Waals surface area (Å²) in [5, 5.41) is 0. The maximum absolute atomic E-state index is 3.71. The Morgan fingerprint density at radius 3 is 1.69 bits per heavy atom. The fourth-order valence-corrected chi connectivity index (χ4v) is 1.27. The standard InChI is InChI=1S/C6H9N.C6H12/c1-3-4-5-6-7-2;1-2-4-6-5-3-1/h3-6H,1H2,2H3;1-6H2/b5-4-,7-6?;. The lowest BCUT2D eigenvalue weighted by molar-refractivity contribution is 0.504. The van der Waals surface area contributed by atoms with Gasteiger partial charge < -0.3 is 0 Å². The Kier molecular flexibility index (Phi) is 10.4. The highest BCUT2D eigenvalue weighted by Gasteiger charge is 1.95. The van der Waals surface area contributed by atoms with Crippen LogP contribution in [0.4, 0.5) is 0 Å². The van der Waals surface area contributed by atoms with Gasteiger partial charge in [0.2, 0.25) is 0 Å². The molecule has 0 spiro atoms. The summed E-state index contributed by atoms with van der Waals surface area (Å²) in [6, 6.07) is 0. The molecule has 0 aliphatic heterocycles. The SMILES string of the molecule is C1CCCCC1.C=C/C=C\C=NC. The Morgan fingerprint density at radius 1 is 0.923 bits per heavy atom. The van der Waals surface area contributed by atoms with Crippen molar-refractivity contribution in [2.75, 3.05) is 7.05 Å². The maximum atomic E-state index is 3.71. The van der Waals surface area contributed by atoms with Gasteiger partial charge in [0.15, 0.2) is 0 Å². The first-order valence-corrected chi connectivity index (χ1v) is 5.11. The van der Waals surface area contributed by atoms with E-state index in [-0.39, 0.29) is 0 Å². The van der Waals surface area contributed by atoms with Crippen LogP contribution in [0.15, 0.2) is 29.8 Å². The van der Waals surface area contributed by atoms with Crippen LogP contribution in [0, 0.1) is 0 Å². The highest BCUT2D eigenvalue weighted by atomic mass is 14.6. The zero-order valence-corrected chi connectivity index (χ0v) is 8.71. The van der Waals surface area contributed by atoms with Gasteiger partial charge in [-0.1, -0.05) is 57.3 Å². The molecule has 1 rings (SSSR count). The van der Waals surface area contributed by atoms with E-state index < -0.39 is 0 Å². The van der Waals surface area contributed by atoms with Crippen molar-refractivity contribution in [1.29, 1.82) is 0 Å². The number of rotatable bonds is 2. The van der Waals surface area contributed by atoms with Gasteiger partial charge in [0.25, 0.3) is 0 Å². The van der Waals surface area contributed by atoms with Gasteiger partial charge in [-0.15, -0.1) is 0 Å². The summed E-state index contributed by atoms with van der Waals surface area (Å²) in [4.78, 5) is 3.71. The summed E-state index contributed by atoms with van der Waals surface area (Å²) in [5.41, 5.74) is 0. The minimum absolute atomic E-state index is 1.50. The van der Waals surface area contributed by atoms with Crippen LogP contribution in [0.2, 0.25) is 0 Å². The van der Waals surface area contributed by atoms with Crippen LogP contribution in [-0.2, 0) is 0 Å². The molecule has 0 radical (unpaired) electrons. The van der Waals surface area contributed by atoms with Crippen LogP contribution < -0.4 is 0 Å². The van der Waals surface area contributed by atoms with E-state index in [2.05, 4.69) is 11.6 Å².